The molecule has 0 amide bonds. The molecule has 5 heteroatoms. The minimum Gasteiger partial charge on any atom is -0.465 e. The third kappa shape index (κ3) is 2.63. The number of nitrogen functional groups attached to an aromatic ring is 1. The normalized spacial score (nSPS) is 11.2. The zero-order chi connectivity index (χ0) is 20.8. The number of esters is 1. The summed E-state index contributed by atoms with van der Waals surface area (Å²) in [6.45, 7) is 0. The number of carbonyl (C=O) groups excluding carboxylic acids is 1. The first-order chi connectivity index (χ1) is 14.6. The van der Waals surface area contributed by atoms with Crippen LogP contribution in [0.2, 0.25) is 0 Å². The minimum atomic E-state index is -0.476. The molecule has 0 atom stereocenters. The van der Waals surface area contributed by atoms with Crippen LogP contribution in [0.3, 0.4) is 0 Å². The second-order valence-electron chi connectivity index (χ2n) is 7.07. The molecule has 5 nitrogen and oxygen atoms in total. The van der Waals surface area contributed by atoms with Gasteiger partial charge in [-0.25, -0.2) is 4.79 Å². The second-order valence-corrected chi connectivity index (χ2v) is 7.07. The number of methoxy groups -OCH3 is 1. The van der Waals surface area contributed by atoms with Gasteiger partial charge in [-0.15, -0.1) is 0 Å². The molecule has 3 aromatic carbocycles. The van der Waals surface area contributed by atoms with Gasteiger partial charge in [0.15, 0.2) is 5.43 Å². The van der Waals surface area contributed by atoms with Crippen LogP contribution in [0.4, 0.5) is 5.69 Å². The molecule has 0 bridgehead atoms. The van der Waals surface area contributed by atoms with E-state index in [0.717, 1.165) is 10.8 Å². The van der Waals surface area contributed by atoms with Crippen LogP contribution >= 0.6 is 0 Å². The summed E-state index contributed by atoms with van der Waals surface area (Å²) in [7, 11) is 1.34. The highest BCUT2D eigenvalue weighted by atomic mass is 16.5. The maximum Gasteiger partial charge on any atom is 0.338 e. The number of nitrogens with two attached hydrogens (primary N) is 1. The SMILES string of the molecule is COC(=O)c1ccccc1-c1c2c(=O)cc3ccccc3c-2oc2cc(N)ccc12. The first-order valence-corrected chi connectivity index (χ1v) is 9.44. The van der Waals surface area contributed by atoms with Crippen molar-refractivity contribution >= 4 is 33.4 Å². The first kappa shape index (κ1) is 17.9. The Balaban J connectivity index is 2.04. The summed E-state index contributed by atoms with van der Waals surface area (Å²) in [6.07, 6.45) is 0. The summed E-state index contributed by atoms with van der Waals surface area (Å²) in [5.74, 6) is -0.0118. The fraction of sp³-hybridized carbons (Fsp3) is 0.0400. The molecular weight excluding hydrogens is 378 g/mol. The van der Waals surface area contributed by atoms with Crippen molar-refractivity contribution in [3.63, 3.8) is 0 Å². The van der Waals surface area contributed by atoms with Crippen molar-refractivity contribution in [2.24, 2.45) is 0 Å². The zero-order valence-electron chi connectivity index (χ0n) is 16.1. The summed E-state index contributed by atoms with van der Waals surface area (Å²) in [5, 5.41) is 2.29. The lowest BCUT2D eigenvalue weighted by molar-refractivity contribution is 0.0601. The van der Waals surface area contributed by atoms with E-state index in [9.17, 15) is 9.59 Å². The van der Waals surface area contributed by atoms with E-state index in [1.807, 2.05) is 42.5 Å². The maximum absolute atomic E-state index is 13.2. The Morgan fingerprint density at radius 2 is 1.67 bits per heavy atom. The highest BCUT2D eigenvalue weighted by Gasteiger charge is 2.25. The van der Waals surface area contributed by atoms with Gasteiger partial charge in [0, 0.05) is 28.1 Å². The number of hydrogen-bond donors (Lipinski definition) is 1. The van der Waals surface area contributed by atoms with Crippen LogP contribution in [0.1, 0.15) is 10.4 Å². The number of benzene rings is 4. The van der Waals surface area contributed by atoms with Crippen molar-refractivity contribution < 1.29 is 13.9 Å². The van der Waals surface area contributed by atoms with E-state index in [2.05, 4.69) is 0 Å². The highest BCUT2D eigenvalue weighted by molar-refractivity contribution is 6.11. The molecule has 0 aromatic heterocycles. The molecule has 0 fully saturated rings. The van der Waals surface area contributed by atoms with E-state index in [1.54, 1.807) is 30.3 Å². The molecule has 0 unspecified atom stereocenters. The molecule has 0 saturated carbocycles. The molecule has 2 aliphatic rings. The molecule has 2 N–H and O–H groups in total. The molecule has 0 radical (unpaired) electrons. The minimum absolute atomic E-state index is 0.180. The number of ether oxygens (including phenoxy) is 1. The van der Waals surface area contributed by atoms with Crippen LogP contribution in [-0.2, 0) is 4.74 Å². The second kappa shape index (κ2) is 6.74. The topological polar surface area (TPSA) is 82.5 Å². The fourth-order valence-corrected chi connectivity index (χ4v) is 3.98. The summed E-state index contributed by atoms with van der Waals surface area (Å²) in [6, 6.07) is 21.5. The summed E-state index contributed by atoms with van der Waals surface area (Å²) < 4.78 is 11.2. The lowest BCUT2D eigenvalue weighted by atomic mass is 9.88. The van der Waals surface area contributed by atoms with Crippen LogP contribution in [0.5, 0.6) is 0 Å². The molecule has 5 rings (SSSR count). The van der Waals surface area contributed by atoms with Gasteiger partial charge >= 0.3 is 5.97 Å². The molecule has 1 heterocycles. The van der Waals surface area contributed by atoms with E-state index in [4.69, 9.17) is 14.9 Å². The molecule has 0 spiro atoms. The van der Waals surface area contributed by atoms with Gasteiger partial charge in [0.05, 0.1) is 18.2 Å². The van der Waals surface area contributed by atoms with Gasteiger partial charge in [-0.1, -0.05) is 42.5 Å². The largest absolute Gasteiger partial charge is 0.465 e. The van der Waals surface area contributed by atoms with E-state index < -0.39 is 5.97 Å². The quantitative estimate of drug-likeness (QED) is 0.195. The molecule has 0 saturated heterocycles. The van der Waals surface area contributed by atoms with E-state index in [1.165, 1.54) is 7.11 Å². The smallest absolute Gasteiger partial charge is 0.338 e. The van der Waals surface area contributed by atoms with Gasteiger partial charge < -0.3 is 14.9 Å². The molecule has 3 aromatic rings. The maximum atomic E-state index is 13.2. The van der Waals surface area contributed by atoms with Gasteiger partial charge in [-0.05, 0) is 35.2 Å². The Kier molecular flexibility index (Phi) is 4.03. The lowest BCUT2D eigenvalue weighted by Crippen LogP contribution is -2.10. The fourth-order valence-electron chi connectivity index (χ4n) is 3.98. The first-order valence-electron chi connectivity index (χ1n) is 9.44. The number of hydrogen-bond acceptors (Lipinski definition) is 5. The molecule has 146 valence electrons. The Morgan fingerprint density at radius 1 is 0.900 bits per heavy atom. The van der Waals surface area contributed by atoms with Crippen molar-refractivity contribution in [1.82, 2.24) is 0 Å². The predicted octanol–water partition coefficient (Wildman–Crippen LogP) is 5.09. The van der Waals surface area contributed by atoms with Gasteiger partial charge in [-0.2, -0.15) is 0 Å². The van der Waals surface area contributed by atoms with Crippen LogP contribution < -0.4 is 11.2 Å². The Hall–Kier alpha value is -4.12. The average Bonchev–Trinajstić information content (AvgIpc) is 2.77. The molecule has 1 aliphatic heterocycles. The van der Waals surface area contributed by atoms with Crippen molar-refractivity contribution in [3.05, 3.63) is 88.6 Å². The summed E-state index contributed by atoms with van der Waals surface area (Å²) in [4.78, 5) is 25.7. The van der Waals surface area contributed by atoms with Crippen LogP contribution in [0.25, 0.3) is 44.2 Å². The van der Waals surface area contributed by atoms with Crippen LogP contribution in [-0.4, -0.2) is 13.1 Å². The Bertz CT molecular complexity index is 1480. The van der Waals surface area contributed by atoms with Gasteiger partial charge in [-0.3, -0.25) is 4.79 Å². The summed E-state index contributed by atoms with van der Waals surface area (Å²) >= 11 is 0. The Morgan fingerprint density at radius 3 is 2.50 bits per heavy atom. The third-order valence-electron chi connectivity index (χ3n) is 5.30. The van der Waals surface area contributed by atoms with E-state index in [-0.39, 0.29) is 5.43 Å². The van der Waals surface area contributed by atoms with Gasteiger partial charge in [0.1, 0.15) is 11.3 Å². The van der Waals surface area contributed by atoms with Crippen molar-refractivity contribution in [2.45, 2.75) is 0 Å². The van der Waals surface area contributed by atoms with Crippen molar-refractivity contribution in [3.8, 4) is 22.5 Å². The monoisotopic (exact) mass is 395 g/mol. The number of carbonyl (C=O) groups is 1. The number of rotatable bonds is 2. The van der Waals surface area contributed by atoms with Crippen LogP contribution in [0, 0.1) is 0 Å². The highest BCUT2D eigenvalue weighted by Crippen LogP contribution is 2.43. The molecule has 1 aliphatic carbocycles. The number of anilines is 1. The van der Waals surface area contributed by atoms with E-state index >= 15 is 0 Å². The van der Waals surface area contributed by atoms with Crippen molar-refractivity contribution in [1.29, 1.82) is 0 Å². The van der Waals surface area contributed by atoms with Gasteiger partial charge in [0.2, 0.25) is 0 Å². The summed E-state index contributed by atoms with van der Waals surface area (Å²) in [5.41, 5.74) is 8.92. The standard InChI is InChI=1S/C25H17NO4/c1-29-25(28)18-9-5-4-8-17(18)22-19-11-10-15(26)13-21(19)30-24-16-7-3-2-6-14(16)12-20(27)23(22)24/h2-13H,26H2,1H3. The third-order valence-corrected chi connectivity index (χ3v) is 5.30. The van der Waals surface area contributed by atoms with Crippen molar-refractivity contribution in [2.75, 3.05) is 12.8 Å². The predicted molar refractivity (Wildman–Crippen MR) is 118 cm³/mol. The van der Waals surface area contributed by atoms with Crippen LogP contribution in [0.15, 0.2) is 82.0 Å². The van der Waals surface area contributed by atoms with Gasteiger partial charge in [0.25, 0.3) is 0 Å². The molecule has 30 heavy (non-hydrogen) atoms. The zero-order valence-corrected chi connectivity index (χ0v) is 16.1. The lowest BCUT2D eigenvalue weighted by Gasteiger charge is -2.18. The average molecular weight is 395 g/mol. The Labute approximate surface area is 171 Å². The van der Waals surface area contributed by atoms with E-state index in [0.29, 0.717) is 44.7 Å². The number of fused-ring (bicyclic) bond motifs is 4. The molecular formula is C25H17NO4.